The number of unbranched alkanes of at least 4 members (excludes halogenated alkanes) is 1. The van der Waals surface area contributed by atoms with E-state index in [-0.39, 0.29) is 37.1 Å². The molecule has 2 heterocycles. The van der Waals surface area contributed by atoms with Crippen molar-refractivity contribution in [2.75, 3.05) is 20.6 Å². The Balaban J connectivity index is 2.19. The van der Waals surface area contributed by atoms with Crippen molar-refractivity contribution in [1.29, 1.82) is 0 Å². The summed E-state index contributed by atoms with van der Waals surface area (Å²) >= 11 is 0. The Hall–Kier alpha value is -4.40. The second-order valence-corrected chi connectivity index (χ2v) is 15.3. The Labute approximate surface area is 315 Å². The maximum Gasteiger partial charge on any atom is 0.329 e. The van der Waals surface area contributed by atoms with Crippen LogP contribution in [0.15, 0.2) is 30.3 Å². The lowest BCUT2D eigenvalue weighted by atomic mass is 9.94. The maximum absolute atomic E-state index is 14.5. The summed E-state index contributed by atoms with van der Waals surface area (Å²) in [5, 5.41) is 2.87. The lowest BCUT2D eigenvalue weighted by molar-refractivity contribution is -0.170. The minimum atomic E-state index is -1.29. The van der Waals surface area contributed by atoms with Gasteiger partial charge in [0.05, 0.1) is 5.92 Å². The van der Waals surface area contributed by atoms with Gasteiger partial charge in [0.25, 0.3) is 5.91 Å². The molecule has 0 bridgehead atoms. The maximum atomic E-state index is 14.5. The third-order valence-electron chi connectivity index (χ3n) is 10.7. The Morgan fingerprint density at radius 1 is 0.868 bits per heavy atom. The van der Waals surface area contributed by atoms with E-state index in [0.717, 1.165) is 5.56 Å². The van der Waals surface area contributed by atoms with Gasteiger partial charge in [-0.05, 0) is 49.0 Å². The number of carbonyl (C=O) groups is 6. The fourth-order valence-corrected chi connectivity index (χ4v) is 7.29. The van der Waals surface area contributed by atoms with Gasteiger partial charge in [-0.15, -0.1) is 12.3 Å². The number of fused-ring (bicyclic) bond motifs is 1. The quantitative estimate of drug-likeness (QED) is 0.228. The van der Waals surface area contributed by atoms with Gasteiger partial charge in [0.1, 0.15) is 30.3 Å². The van der Waals surface area contributed by atoms with E-state index in [4.69, 9.17) is 15.9 Å². The molecule has 2 aliphatic rings. The molecule has 3 rings (SSSR count). The average Bonchev–Trinajstić information content (AvgIpc) is 3.61. The molecule has 1 aromatic rings. The van der Waals surface area contributed by atoms with Gasteiger partial charge >= 0.3 is 11.9 Å². The van der Waals surface area contributed by atoms with Gasteiger partial charge in [0, 0.05) is 33.5 Å². The molecular formula is C41H60N4O8. The number of esters is 2. The van der Waals surface area contributed by atoms with Crippen LogP contribution < -0.4 is 5.32 Å². The van der Waals surface area contributed by atoms with Crippen molar-refractivity contribution in [3.63, 3.8) is 0 Å². The highest BCUT2D eigenvalue weighted by Gasteiger charge is 2.45. The molecule has 2 fully saturated rings. The largest absolute Gasteiger partial charge is 0.460 e. The van der Waals surface area contributed by atoms with Crippen molar-refractivity contribution in [1.82, 2.24) is 20.0 Å². The van der Waals surface area contributed by atoms with Crippen LogP contribution in [0.3, 0.4) is 0 Å². The average molecular weight is 737 g/mol. The van der Waals surface area contributed by atoms with Gasteiger partial charge in [-0.25, -0.2) is 9.59 Å². The molecule has 0 spiro atoms. The zero-order valence-corrected chi connectivity index (χ0v) is 33.0. The number of benzene rings is 1. The number of rotatable bonds is 9. The Kier molecular flexibility index (Phi) is 15.9. The SMILES string of the molecule is C#CCCCC1OC(=O)C(C(C)C)N(C)C(=O)C2CCCN2C(=O)C(Cc2ccccc2)OC(=O)C(C(C)CC)N(C)C(=O)C(C(C)C)NC(=O)C1C. The lowest BCUT2D eigenvalue weighted by Crippen LogP contribution is -2.58. The van der Waals surface area contributed by atoms with Gasteiger partial charge in [-0.2, -0.15) is 0 Å². The first-order chi connectivity index (χ1) is 25.0. The number of ether oxygens (including phenoxy) is 2. The normalized spacial score (nSPS) is 27.7. The Bertz CT molecular complexity index is 1490. The second kappa shape index (κ2) is 19.6. The number of carbonyl (C=O) groups excluding carboxylic acids is 6. The smallest absolute Gasteiger partial charge is 0.329 e. The van der Waals surface area contributed by atoms with Crippen molar-refractivity contribution in [3.05, 3.63) is 35.9 Å². The number of terminal acetylenes is 1. The number of hydrogen-bond donors (Lipinski definition) is 1. The molecule has 0 aromatic heterocycles. The van der Waals surface area contributed by atoms with Crippen LogP contribution >= 0.6 is 0 Å². The van der Waals surface area contributed by atoms with Gasteiger partial charge in [0.15, 0.2) is 6.10 Å². The molecule has 4 amide bonds. The van der Waals surface area contributed by atoms with E-state index in [2.05, 4.69) is 11.2 Å². The molecule has 8 unspecified atom stereocenters. The summed E-state index contributed by atoms with van der Waals surface area (Å²) in [4.78, 5) is 89.2. The first kappa shape index (κ1) is 43.0. The highest BCUT2D eigenvalue weighted by Crippen LogP contribution is 2.27. The molecule has 0 aliphatic carbocycles. The third-order valence-corrected chi connectivity index (χ3v) is 10.7. The fraction of sp³-hybridized carbons (Fsp3) is 0.659. The third kappa shape index (κ3) is 10.6. The monoisotopic (exact) mass is 736 g/mol. The van der Waals surface area contributed by atoms with Gasteiger partial charge in [-0.3, -0.25) is 19.2 Å². The van der Waals surface area contributed by atoms with E-state index < -0.39 is 77.9 Å². The van der Waals surface area contributed by atoms with Crippen molar-refractivity contribution >= 4 is 35.6 Å². The molecule has 8 atom stereocenters. The zero-order valence-electron chi connectivity index (χ0n) is 33.0. The predicted octanol–water partition coefficient (Wildman–Crippen LogP) is 3.99. The molecular weight excluding hydrogens is 676 g/mol. The molecule has 12 nitrogen and oxygen atoms in total. The van der Waals surface area contributed by atoms with Crippen LogP contribution in [0.25, 0.3) is 0 Å². The minimum Gasteiger partial charge on any atom is -0.460 e. The Morgan fingerprint density at radius 2 is 1.49 bits per heavy atom. The van der Waals surface area contributed by atoms with E-state index in [1.165, 1.54) is 28.8 Å². The molecule has 53 heavy (non-hydrogen) atoms. The number of likely N-dealkylation sites (N-methyl/N-ethyl adjacent to an activating group) is 2. The van der Waals surface area contributed by atoms with Crippen molar-refractivity contribution in [2.45, 2.75) is 130 Å². The zero-order chi connectivity index (χ0) is 39.6. The molecule has 292 valence electrons. The summed E-state index contributed by atoms with van der Waals surface area (Å²) in [5.74, 6) is -2.85. The van der Waals surface area contributed by atoms with E-state index in [1.54, 1.807) is 34.6 Å². The molecule has 12 heteroatoms. The Morgan fingerprint density at radius 3 is 2.08 bits per heavy atom. The molecule has 0 radical (unpaired) electrons. The van der Waals surface area contributed by atoms with E-state index in [9.17, 15) is 28.8 Å². The standard InChI is InChI=1S/C41H60N4O8/c1-11-13-15-22-31-28(8)36(46)42-33(25(3)4)39(49)44(10)35(27(7)12-2)41(51)53-32(24-29-19-16-14-17-20-29)38(48)45-23-18-21-30(45)37(47)43(9)34(26(5)6)40(50)52-31/h1,14,16-17,19-20,25-28,30-35H,12-13,15,18,21-24H2,2-10H3,(H,42,46). The molecule has 2 saturated heterocycles. The van der Waals surface area contributed by atoms with E-state index in [0.29, 0.717) is 32.1 Å². The number of nitrogens with one attached hydrogen (secondary N) is 1. The molecule has 2 aliphatic heterocycles. The first-order valence-corrected chi connectivity index (χ1v) is 19.1. The summed E-state index contributed by atoms with van der Waals surface area (Å²) in [7, 11) is 3.03. The van der Waals surface area contributed by atoms with Crippen LogP contribution in [-0.2, 0) is 44.7 Å². The van der Waals surface area contributed by atoms with Crippen LogP contribution in [-0.4, -0.2) is 107 Å². The first-order valence-electron chi connectivity index (χ1n) is 19.1. The highest BCUT2D eigenvalue weighted by atomic mass is 16.6. The minimum absolute atomic E-state index is 0.0497. The van der Waals surface area contributed by atoms with Crippen molar-refractivity contribution in [2.24, 2.45) is 23.7 Å². The van der Waals surface area contributed by atoms with Gasteiger partial charge in [-0.1, -0.05) is 85.2 Å². The highest BCUT2D eigenvalue weighted by molar-refractivity contribution is 5.95. The van der Waals surface area contributed by atoms with E-state index in [1.807, 2.05) is 44.2 Å². The number of nitrogens with zero attached hydrogens (tertiary/aromatic N) is 3. The van der Waals surface area contributed by atoms with E-state index >= 15 is 0 Å². The number of hydrogen-bond acceptors (Lipinski definition) is 8. The number of amides is 4. The molecule has 1 N–H and O–H groups in total. The van der Waals surface area contributed by atoms with Gasteiger partial charge in [0.2, 0.25) is 17.7 Å². The summed E-state index contributed by atoms with van der Waals surface area (Å²) in [6, 6.07) is 5.10. The van der Waals surface area contributed by atoms with Crippen LogP contribution in [0.2, 0.25) is 0 Å². The molecule has 1 aromatic carbocycles. The van der Waals surface area contributed by atoms with Crippen LogP contribution in [0.4, 0.5) is 0 Å². The predicted molar refractivity (Wildman–Crippen MR) is 201 cm³/mol. The summed E-state index contributed by atoms with van der Waals surface area (Å²) in [6.07, 6.45) is 5.92. The fourth-order valence-electron chi connectivity index (χ4n) is 7.29. The van der Waals surface area contributed by atoms with Crippen molar-refractivity contribution in [3.8, 4) is 12.3 Å². The number of cyclic esters (lactones) is 2. The summed E-state index contributed by atoms with van der Waals surface area (Å²) in [5.41, 5.74) is 0.747. The van der Waals surface area contributed by atoms with Crippen molar-refractivity contribution < 1.29 is 38.2 Å². The summed E-state index contributed by atoms with van der Waals surface area (Å²) < 4.78 is 12.2. The summed E-state index contributed by atoms with van der Waals surface area (Å²) in [6.45, 7) is 12.8. The van der Waals surface area contributed by atoms with Crippen LogP contribution in [0.5, 0.6) is 0 Å². The lowest BCUT2D eigenvalue weighted by Gasteiger charge is -2.36. The van der Waals surface area contributed by atoms with Crippen LogP contribution in [0.1, 0.15) is 92.6 Å². The van der Waals surface area contributed by atoms with Crippen LogP contribution in [0, 0.1) is 36.0 Å². The second-order valence-electron chi connectivity index (χ2n) is 15.3. The molecule has 0 saturated carbocycles. The van der Waals surface area contributed by atoms with Gasteiger partial charge < -0.3 is 29.5 Å². The topological polar surface area (TPSA) is 143 Å².